The van der Waals surface area contributed by atoms with Crippen LogP contribution in [0.25, 0.3) is 10.1 Å². The van der Waals surface area contributed by atoms with Crippen LogP contribution < -0.4 is 5.32 Å². The van der Waals surface area contributed by atoms with E-state index in [2.05, 4.69) is 24.1 Å². The highest BCUT2D eigenvalue weighted by Gasteiger charge is 2.48. The molecule has 1 amide bonds. The van der Waals surface area contributed by atoms with Crippen molar-refractivity contribution < 1.29 is 9.18 Å². The van der Waals surface area contributed by atoms with Crippen LogP contribution in [0.15, 0.2) is 24.3 Å². The minimum Gasteiger partial charge on any atom is -0.346 e. The van der Waals surface area contributed by atoms with Crippen LogP contribution in [0, 0.1) is 11.7 Å². The fourth-order valence-corrected chi connectivity index (χ4v) is 5.16. The van der Waals surface area contributed by atoms with E-state index >= 15 is 0 Å². The fourth-order valence-electron chi connectivity index (χ4n) is 4.22. The molecule has 1 aromatic heterocycles. The molecule has 130 valence electrons. The summed E-state index contributed by atoms with van der Waals surface area (Å²) >= 11 is 1.43. The molecule has 0 aliphatic carbocycles. The number of piperidine rings is 3. The molecule has 6 heteroatoms. The zero-order valence-corrected chi connectivity index (χ0v) is 15.5. The summed E-state index contributed by atoms with van der Waals surface area (Å²) < 4.78 is 14.3. The highest BCUT2D eigenvalue weighted by Crippen LogP contribution is 2.39. The van der Waals surface area contributed by atoms with Gasteiger partial charge in [0.05, 0.1) is 4.88 Å². The van der Waals surface area contributed by atoms with Gasteiger partial charge in [-0.05, 0) is 75.3 Å². The number of hydrogen-bond donors (Lipinski definition) is 1. The second-order valence-corrected chi connectivity index (χ2v) is 8.31. The van der Waals surface area contributed by atoms with Crippen LogP contribution in [0.2, 0.25) is 0 Å². The Morgan fingerprint density at radius 1 is 1.29 bits per heavy atom. The third-order valence-corrected chi connectivity index (χ3v) is 6.69. The predicted octanol–water partition coefficient (Wildman–Crippen LogP) is 4.06. The molecule has 1 N–H and O–H groups in total. The Kier molecular flexibility index (Phi) is 4.62. The van der Waals surface area contributed by atoms with Crippen LogP contribution >= 0.6 is 23.7 Å². The molecule has 3 aliphatic heterocycles. The van der Waals surface area contributed by atoms with E-state index in [9.17, 15) is 9.18 Å². The Morgan fingerprint density at radius 2 is 2.00 bits per heavy atom. The number of halogens is 2. The lowest BCUT2D eigenvalue weighted by molar-refractivity contribution is -0.0377. The van der Waals surface area contributed by atoms with Gasteiger partial charge in [-0.15, -0.1) is 23.7 Å². The van der Waals surface area contributed by atoms with Gasteiger partial charge in [0.25, 0.3) is 5.91 Å². The van der Waals surface area contributed by atoms with Gasteiger partial charge in [-0.3, -0.25) is 9.69 Å². The van der Waals surface area contributed by atoms with Crippen molar-refractivity contribution >= 4 is 39.7 Å². The Morgan fingerprint density at radius 3 is 2.67 bits per heavy atom. The lowest BCUT2D eigenvalue weighted by atomic mass is 9.72. The van der Waals surface area contributed by atoms with E-state index in [1.807, 2.05) is 0 Å². The van der Waals surface area contributed by atoms with E-state index in [0.717, 1.165) is 36.0 Å². The van der Waals surface area contributed by atoms with Gasteiger partial charge in [-0.1, -0.05) is 0 Å². The van der Waals surface area contributed by atoms with Crippen molar-refractivity contribution in [1.29, 1.82) is 0 Å². The van der Waals surface area contributed by atoms with Crippen molar-refractivity contribution in [3.63, 3.8) is 0 Å². The minimum atomic E-state index is -0.263. The van der Waals surface area contributed by atoms with E-state index in [1.54, 1.807) is 12.1 Å². The second kappa shape index (κ2) is 6.28. The number of nitrogens with one attached hydrogen (secondary N) is 1. The maximum atomic E-state index is 13.3. The zero-order valence-electron chi connectivity index (χ0n) is 13.8. The number of nitrogens with zero attached hydrogens (tertiary/aromatic N) is 1. The average molecular weight is 369 g/mol. The summed E-state index contributed by atoms with van der Waals surface area (Å²) in [6, 6.07) is 6.65. The summed E-state index contributed by atoms with van der Waals surface area (Å²) in [5.41, 5.74) is -0.000380. The summed E-state index contributed by atoms with van der Waals surface area (Å²) in [5.74, 6) is 0.269. The lowest BCUT2D eigenvalue weighted by Crippen LogP contribution is -2.69. The van der Waals surface area contributed by atoms with Crippen molar-refractivity contribution in [3.05, 3.63) is 35.0 Å². The average Bonchev–Trinajstić information content (AvgIpc) is 2.94. The minimum absolute atomic E-state index is 0. The van der Waals surface area contributed by atoms with E-state index in [1.165, 1.54) is 23.5 Å². The summed E-state index contributed by atoms with van der Waals surface area (Å²) in [6.07, 6.45) is 2.32. The summed E-state index contributed by atoms with van der Waals surface area (Å²) in [7, 11) is 0. The van der Waals surface area contributed by atoms with Gasteiger partial charge in [0.2, 0.25) is 0 Å². The summed E-state index contributed by atoms with van der Waals surface area (Å²) in [5, 5.41) is 4.07. The normalized spacial score (nSPS) is 27.7. The number of rotatable bonds is 2. The van der Waals surface area contributed by atoms with Crippen LogP contribution in [0.3, 0.4) is 0 Å². The molecule has 0 unspecified atom stereocenters. The molecule has 1 atom stereocenters. The number of carbonyl (C=O) groups excluding carboxylic acids is 1. The Hall–Kier alpha value is -1.17. The Balaban J connectivity index is 0.00000169. The van der Waals surface area contributed by atoms with E-state index in [-0.39, 0.29) is 35.7 Å². The molecule has 2 bridgehead atoms. The molecule has 1 aromatic carbocycles. The van der Waals surface area contributed by atoms with Gasteiger partial charge < -0.3 is 5.32 Å². The molecule has 0 spiro atoms. The van der Waals surface area contributed by atoms with Gasteiger partial charge in [0.15, 0.2) is 0 Å². The highest BCUT2D eigenvalue weighted by molar-refractivity contribution is 7.20. The first-order chi connectivity index (χ1) is 10.9. The molecule has 2 aromatic rings. The molecule has 3 saturated heterocycles. The number of benzene rings is 1. The van der Waals surface area contributed by atoms with Gasteiger partial charge >= 0.3 is 0 Å². The maximum Gasteiger partial charge on any atom is 0.261 e. The van der Waals surface area contributed by atoms with Gasteiger partial charge in [0, 0.05) is 16.3 Å². The van der Waals surface area contributed by atoms with Crippen LogP contribution in [-0.2, 0) is 0 Å². The number of carbonyl (C=O) groups is 1. The molecule has 4 heterocycles. The van der Waals surface area contributed by atoms with Crippen molar-refractivity contribution in [1.82, 2.24) is 10.2 Å². The molecule has 3 aliphatic rings. The van der Waals surface area contributed by atoms with Gasteiger partial charge in [0.1, 0.15) is 5.82 Å². The molecule has 3 fully saturated rings. The van der Waals surface area contributed by atoms with Gasteiger partial charge in [-0.2, -0.15) is 0 Å². The smallest absolute Gasteiger partial charge is 0.261 e. The van der Waals surface area contributed by atoms with Crippen molar-refractivity contribution in [2.75, 3.05) is 13.1 Å². The number of fused-ring (bicyclic) bond motifs is 4. The largest absolute Gasteiger partial charge is 0.346 e. The lowest BCUT2D eigenvalue weighted by Gasteiger charge is -2.56. The van der Waals surface area contributed by atoms with Crippen molar-refractivity contribution in [3.8, 4) is 0 Å². The highest BCUT2D eigenvalue weighted by atomic mass is 35.5. The van der Waals surface area contributed by atoms with E-state index in [4.69, 9.17) is 0 Å². The van der Waals surface area contributed by atoms with E-state index in [0.29, 0.717) is 10.8 Å². The number of amides is 1. The van der Waals surface area contributed by atoms with E-state index < -0.39 is 0 Å². The van der Waals surface area contributed by atoms with Gasteiger partial charge in [-0.25, -0.2) is 4.39 Å². The summed E-state index contributed by atoms with van der Waals surface area (Å²) in [6.45, 7) is 6.71. The molecule has 0 radical (unpaired) electrons. The Labute approximate surface area is 151 Å². The first kappa shape index (κ1) is 17.6. The van der Waals surface area contributed by atoms with Crippen LogP contribution in [-0.4, -0.2) is 35.5 Å². The third kappa shape index (κ3) is 2.83. The van der Waals surface area contributed by atoms with Crippen LogP contribution in [0.1, 0.15) is 36.4 Å². The Bertz CT molecular complexity index is 767. The van der Waals surface area contributed by atoms with Crippen molar-refractivity contribution in [2.24, 2.45) is 5.92 Å². The molecular formula is C18H22ClFN2OS. The molecule has 3 nitrogen and oxygen atoms in total. The molecular weight excluding hydrogens is 347 g/mol. The molecule has 5 rings (SSSR count). The topological polar surface area (TPSA) is 32.3 Å². The predicted molar refractivity (Wildman–Crippen MR) is 98.7 cm³/mol. The maximum absolute atomic E-state index is 13.3. The third-order valence-electron chi connectivity index (χ3n) is 5.58. The number of thiophene rings is 1. The second-order valence-electron chi connectivity index (χ2n) is 7.22. The standard InChI is InChI=1S/C18H21FN2OS.ClH/c1-18(2)16(11-5-7-21(18)8-6-11)20-17(22)15-10-12-9-13(19)3-4-14(12)23-15;/h3-4,9-11,16H,5-8H2,1-2H3,(H,20,22);1H/t16-;/m1./s1. The summed E-state index contributed by atoms with van der Waals surface area (Å²) in [4.78, 5) is 15.9. The van der Waals surface area contributed by atoms with Crippen molar-refractivity contribution in [2.45, 2.75) is 38.3 Å². The van der Waals surface area contributed by atoms with Crippen LogP contribution in [0.5, 0.6) is 0 Å². The SMILES string of the molecule is CC1(C)[C@H](NC(=O)c2cc3cc(F)ccc3s2)C2CCN1CC2.Cl. The first-order valence-corrected chi connectivity index (χ1v) is 9.02. The molecule has 24 heavy (non-hydrogen) atoms. The first-order valence-electron chi connectivity index (χ1n) is 8.20. The molecule has 0 saturated carbocycles. The zero-order chi connectivity index (χ0) is 16.2. The fraction of sp³-hybridized carbons (Fsp3) is 0.500. The quantitative estimate of drug-likeness (QED) is 0.866. The number of hydrogen-bond acceptors (Lipinski definition) is 3. The van der Waals surface area contributed by atoms with Crippen LogP contribution in [0.4, 0.5) is 4.39 Å². The monoisotopic (exact) mass is 368 g/mol.